The summed E-state index contributed by atoms with van der Waals surface area (Å²) in [4.78, 5) is 0. The van der Waals surface area contributed by atoms with Crippen LogP contribution in [0.4, 0.5) is 0 Å². The Balaban J connectivity index is 1.99. The van der Waals surface area contributed by atoms with E-state index in [4.69, 9.17) is 0 Å². The summed E-state index contributed by atoms with van der Waals surface area (Å²) in [6, 6.07) is 0. The first kappa shape index (κ1) is 5.23. The van der Waals surface area contributed by atoms with Gasteiger partial charge in [0.1, 0.15) is 0 Å². The van der Waals surface area contributed by atoms with Gasteiger partial charge in [0.2, 0.25) is 0 Å². The fourth-order valence-electron chi connectivity index (χ4n) is 1.46. The monoisotopic (exact) mass is 128 g/mol. The average Bonchev–Trinajstić information content (AvgIpc) is 2.47. The third-order valence-corrected chi connectivity index (χ3v) is 6.08. The van der Waals surface area contributed by atoms with E-state index in [9.17, 15) is 0 Å². The second kappa shape index (κ2) is 1.29. The maximum absolute atomic E-state index is 2.47. The first-order valence-electron chi connectivity index (χ1n) is 3.49. The Kier molecular flexibility index (Phi) is 0.844. The van der Waals surface area contributed by atoms with Crippen LogP contribution in [-0.4, -0.2) is 17.0 Å². The Morgan fingerprint density at radius 1 is 1.50 bits per heavy atom. The van der Waals surface area contributed by atoms with Crippen molar-refractivity contribution in [2.45, 2.75) is 37.5 Å². The Hall–Kier alpha value is 0.430. The number of hydrogen-bond acceptors (Lipinski definition) is 0. The van der Waals surface area contributed by atoms with Crippen LogP contribution >= 0.6 is 7.92 Å². The van der Waals surface area contributed by atoms with Crippen LogP contribution in [0.25, 0.3) is 0 Å². The maximum Gasteiger partial charge on any atom is -0.0119 e. The van der Waals surface area contributed by atoms with Gasteiger partial charge < -0.3 is 0 Å². The van der Waals surface area contributed by atoms with E-state index in [1.807, 2.05) is 0 Å². The zero-order valence-corrected chi connectivity index (χ0v) is 6.54. The quantitative estimate of drug-likeness (QED) is 0.476. The molecule has 0 nitrogen and oxygen atoms in total. The van der Waals surface area contributed by atoms with Crippen molar-refractivity contribution >= 4 is 7.92 Å². The zero-order chi connectivity index (χ0) is 5.78. The summed E-state index contributed by atoms with van der Waals surface area (Å²) in [5.74, 6) is 0. The standard InChI is InChI=1S/C7H13P/c1-6-5-8(6)7(2)3-4-7/h6H,3-5H2,1-2H3. The molecule has 1 aliphatic heterocycles. The normalized spacial score (nSPS) is 48.8. The van der Waals surface area contributed by atoms with Crippen LogP contribution < -0.4 is 0 Å². The Bertz CT molecular complexity index is 116. The second-order valence-corrected chi connectivity index (χ2v) is 6.76. The lowest BCUT2D eigenvalue weighted by Gasteiger charge is -2.03. The molecule has 0 bridgehead atoms. The lowest BCUT2D eigenvalue weighted by atomic mass is 10.5. The summed E-state index contributed by atoms with van der Waals surface area (Å²) in [6.07, 6.45) is 4.68. The lowest BCUT2D eigenvalue weighted by molar-refractivity contribution is 1.04. The highest BCUT2D eigenvalue weighted by Crippen LogP contribution is 2.76. The van der Waals surface area contributed by atoms with E-state index in [0.29, 0.717) is 7.92 Å². The van der Waals surface area contributed by atoms with Gasteiger partial charge in [0, 0.05) is 0 Å². The molecule has 1 saturated carbocycles. The smallest absolute Gasteiger partial charge is 0.0119 e. The molecule has 1 saturated heterocycles. The highest BCUT2D eigenvalue weighted by molar-refractivity contribution is 7.68. The average molecular weight is 128 g/mol. The van der Waals surface area contributed by atoms with Crippen LogP contribution in [0.15, 0.2) is 0 Å². The van der Waals surface area contributed by atoms with Gasteiger partial charge in [-0.05, 0) is 29.8 Å². The molecule has 0 amide bonds. The lowest BCUT2D eigenvalue weighted by Crippen LogP contribution is -1.89. The predicted molar refractivity (Wildman–Crippen MR) is 38.9 cm³/mol. The molecule has 2 fully saturated rings. The van der Waals surface area contributed by atoms with Crippen molar-refractivity contribution < 1.29 is 0 Å². The Morgan fingerprint density at radius 2 is 2.00 bits per heavy atom. The van der Waals surface area contributed by atoms with Crippen LogP contribution in [-0.2, 0) is 0 Å². The van der Waals surface area contributed by atoms with Gasteiger partial charge in [-0.1, -0.05) is 21.8 Å². The molecular weight excluding hydrogens is 115 g/mol. The highest BCUT2D eigenvalue weighted by atomic mass is 31.1. The van der Waals surface area contributed by atoms with Crippen molar-refractivity contribution in [1.82, 2.24) is 0 Å². The van der Waals surface area contributed by atoms with Crippen molar-refractivity contribution in [2.24, 2.45) is 0 Å². The van der Waals surface area contributed by atoms with Gasteiger partial charge in [0.25, 0.3) is 0 Å². The molecule has 2 rings (SSSR count). The van der Waals surface area contributed by atoms with Crippen molar-refractivity contribution in [1.29, 1.82) is 0 Å². The molecule has 1 heterocycles. The summed E-state index contributed by atoms with van der Waals surface area (Å²) in [6.45, 7) is 4.89. The van der Waals surface area contributed by atoms with Gasteiger partial charge in [-0.3, -0.25) is 0 Å². The molecule has 2 unspecified atom stereocenters. The van der Waals surface area contributed by atoms with E-state index in [1.165, 1.54) is 0 Å². The molecule has 8 heavy (non-hydrogen) atoms. The molecule has 0 aromatic rings. The number of hydrogen-bond donors (Lipinski definition) is 0. The summed E-state index contributed by atoms with van der Waals surface area (Å²) in [5.41, 5.74) is 1.14. The third-order valence-electron chi connectivity index (χ3n) is 2.53. The third kappa shape index (κ3) is 0.624. The minimum atomic E-state index is 0.558. The molecule has 0 aromatic heterocycles. The molecule has 0 N–H and O–H groups in total. The van der Waals surface area contributed by atoms with E-state index < -0.39 is 0 Å². The van der Waals surface area contributed by atoms with Gasteiger partial charge in [0.15, 0.2) is 0 Å². The van der Waals surface area contributed by atoms with Gasteiger partial charge in [-0.15, -0.1) is 0 Å². The largest absolute Gasteiger partial charge is 0.0967 e. The first-order valence-corrected chi connectivity index (χ1v) is 5.09. The van der Waals surface area contributed by atoms with E-state index >= 15 is 0 Å². The SMILES string of the molecule is CC1CP1C1(C)CC1. The Labute approximate surface area is 52.4 Å². The predicted octanol–water partition coefficient (Wildman–Crippen LogP) is 2.42. The van der Waals surface area contributed by atoms with Crippen LogP contribution in [0.2, 0.25) is 0 Å². The van der Waals surface area contributed by atoms with E-state index in [-0.39, 0.29) is 0 Å². The minimum absolute atomic E-state index is 0.558. The molecule has 0 aromatic carbocycles. The van der Waals surface area contributed by atoms with Crippen molar-refractivity contribution in [3.63, 3.8) is 0 Å². The summed E-state index contributed by atoms with van der Waals surface area (Å²) >= 11 is 0. The van der Waals surface area contributed by atoms with Gasteiger partial charge >= 0.3 is 0 Å². The summed E-state index contributed by atoms with van der Waals surface area (Å²) in [5, 5.41) is 0.898. The number of rotatable bonds is 1. The van der Waals surface area contributed by atoms with Crippen molar-refractivity contribution in [2.75, 3.05) is 6.16 Å². The van der Waals surface area contributed by atoms with Crippen LogP contribution in [0, 0.1) is 0 Å². The molecule has 2 atom stereocenters. The van der Waals surface area contributed by atoms with Gasteiger partial charge in [-0.25, -0.2) is 0 Å². The topological polar surface area (TPSA) is 0 Å². The maximum atomic E-state index is 2.47. The summed E-state index contributed by atoms with van der Waals surface area (Å²) < 4.78 is 0. The fraction of sp³-hybridized carbons (Fsp3) is 1.00. The van der Waals surface area contributed by atoms with E-state index in [2.05, 4.69) is 13.8 Å². The second-order valence-electron chi connectivity index (χ2n) is 3.50. The molecule has 46 valence electrons. The summed E-state index contributed by atoms with van der Waals surface area (Å²) in [7, 11) is 0.558. The van der Waals surface area contributed by atoms with Gasteiger partial charge in [0.05, 0.1) is 0 Å². The van der Waals surface area contributed by atoms with E-state index in [0.717, 1.165) is 10.8 Å². The Morgan fingerprint density at radius 3 is 2.12 bits per heavy atom. The molecular formula is C7H13P. The zero-order valence-electron chi connectivity index (χ0n) is 5.65. The fourth-order valence-corrected chi connectivity index (χ4v) is 4.37. The molecule has 0 radical (unpaired) electrons. The molecule has 1 aliphatic carbocycles. The molecule has 1 heteroatoms. The molecule has 0 spiro atoms. The van der Waals surface area contributed by atoms with Crippen molar-refractivity contribution in [3.05, 3.63) is 0 Å². The van der Waals surface area contributed by atoms with Crippen LogP contribution in [0.3, 0.4) is 0 Å². The van der Waals surface area contributed by atoms with Gasteiger partial charge in [-0.2, -0.15) is 0 Å². The molecule has 2 aliphatic rings. The van der Waals surface area contributed by atoms with E-state index in [1.54, 1.807) is 19.0 Å². The van der Waals surface area contributed by atoms with Crippen molar-refractivity contribution in [3.8, 4) is 0 Å². The highest BCUT2D eigenvalue weighted by Gasteiger charge is 2.53. The minimum Gasteiger partial charge on any atom is -0.0967 e. The van der Waals surface area contributed by atoms with Crippen LogP contribution in [0.1, 0.15) is 26.7 Å². The first-order chi connectivity index (χ1) is 3.72. The van der Waals surface area contributed by atoms with Crippen LogP contribution in [0.5, 0.6) is 0 Å².